The third-order valence-corrected chi connectivity index (χ3v) is 4.64. The van der Waals surface area contributed by atoms with E-state index in [1.54, 1.807) is 25.1 Å². The zero-order valence-electron chi connectivity index (χ0n) is 14.9. The summed E-state index contributed by atoms with van der Waals surface area (Å²) in [6.45, 7) is 3.44. The van der Waals surface area contributed by atoms with Crippen molar-refractivity contribution in [2.45, 2.75) is 16.3 Å². The van der Waals surface area contributed by atoms with Gasteiger partial charge in [-0.05, 0) is 48.0 Å². The monoisotopic (exact) mass is 377 g/mol. The summed E-state index contributed by atoms with van der Waals surface area (Å²) in [6, 6.07) is 17.4. The van der Waals surface area contributed by atoms with E-state index >= 15 is 0 Å². The standard InChI is InChI=1S/C21H19N3O2S/c1-3-20(25)23-16-9-7-15(8-10-16)13-19-22-12-11-21(24-19)27-18-6-4-5-17(14-18)26-2/h3-12,14H,1,13H2,2H3,(H,23,25). The number of benzene rings is 2. The van der Waals surface area contributed by atoms with Gasteiger partial charge in [-0.25, -0.2) is 9.97 Å². The number of nitrogens with zero attached hydrogens (tertiary/aromatic N) is 2. The predicted octanol–water partition coefficient (Wildman–Crippen LogP) is 4.35. The van der Waals surface area contributed by atoms with Crippen LogP contribution in [0.15, 0.2) is 83.4 Å². The van der Waals surface area contributed by atoms with Crippen LogP contribution in [-0.2, 0) is 11.2 Å². The van der Waals surface area contributed by atoms with Gasteiger partial charge in [0.25, 0.3) is 0 Å². The highest BCUT2D eigenvalue weighted by Crippen LogP contribution is 2.28. The summed E-state index contributed by atoms with van der Waals surface area (Å²) in [7, 11) is 1.65. The molecule has 1 aromatic heterocycles. The highest BCUT2D eigenvalue weighted by atomic mass is 32.2. The number of rotatable bonds is 7. The zero-order valence-corrected chi connectivity index (χ0v) is 15.7. The summed E-state index contributed by atoms with van der Waals surface area (Å²) >= 11 is 1.57. The highest BCUT2D eigenvalue weighted by Gasteiger charge is 2.05. The van der Waals surface area contributed by atoms with Crippen molar-refractivity contribution in [1.29, 1.82) is 0 Å². The van der Waals surface area contributed by atoms with Crippen LogP contribution in [0.1, 0.15) is 11.4 Å². The Morgan fingerprint density at radius 3 is 2.78 bits per heavy atom. The lowest BCUT2D eigenvalue weighted by atomic mass is 10.1. The van der Waals surface area contributed by atoms with Crippen molar-refractivity contribution in [3.05, 3.63) is 84.8 Å². The van der Waals surface area contributed by atoms with Crippen molar-refractivity contribution in [3.63, 3.8) is 0 Å². The normalized spacial score (nSPS) is 10.3. The number of nitrogens with one attached hydrogen (secondary N) is 1. The molecule has 6 heteroatoms. The van der Waals surface area contributed by atoms with Gasteiger partial charge in [0, 0.05) is 23.2 Å². The van der Waals surface area contributed by atoms with E-state index in [1.165, 1.54) is 6.08 Å². The van der Waals surface area contributed by atoms with Crippen molar-refractivity contribution in [2.75, 3.05) is 12.4 Å². The van der Waals surface area contributed by atoms with Gasteiger partial charge in [-0.15, -0.1) is 0 Å². The molecule has 1 heterocycles. The largest absolute Gasteiger partial charge is 0.497 e. The maximum atomic E-state index is 11.3. The Hall–Kier alpha value is -3.12. The van der Waals surface area contributed by atoms with E-state index in [0.717, 1.165) is 32.7 Å². The lowest BCUT2D eigenvalue weighted by molar-refractivity contribution is -0.111. The first-order valence-electron chi connectivity index (χ1n) is 8.32. The molecule has 3 rings (SSSR count). The first-order valence-corrected chi connectivity index (χ1v) is 9.14. The Morgan fingerprint density at radius 1 is 1.22 bits per heavy atom. The minimum Gasteiger partial charge on any atom is -0.497 e. The predicted molar refractivity (Wildman–Crippen MR) is 107 cm³/mol. The summed E-state index contributed by atoms with van der Waals surface area (Å²) in [5, 5.41) is 3.60. The molecule has 0 bridgehead atoms. The molecule has 0 unspecified atom stereocenters. The molecular formula is C21H19N3O2S. The molecule has 0 aliphatic carbocycles. The summed E-state index contributed by atoms with van der Waals surface area (Å²) < 4.78 is 5.26. The maximum Gasteiger partial charge on any atom is 0.247 e. The van der Waals surface area contributed by atoms with Crippen LogP contribution in [0.4, 0.5) is 5.69 Å². The number of methoxy groups -OCH3 is 1. The van der Waals surface area contributed by atoms with Crippen LogP contribution < -0.4 is 10.1 Å². The van der Waals surface area contributed by atoms with Crippen molar-refractivity contribution in [1.82, 2.24) is 9.97 Å². The van der Waals surface area contributed by atoms with E-state index in [4.69, 9.17) is 4.74 Å². The lowest BCUT2D eigenvalue weighted by Crippen LogP contribution is -2.07. The van der Waals surface area contributed by atoms with E-state index in [2.05, 4.69) is 21.9 Å². The number of hydrogen-bond donors (Lipinski definition) is 1. The second-order valence-corrected chi connectivity index (χ2v) is 6.75. The van der Waals surface area contributed by atoms with Crippen LogP contribution in [0.5, 0.6) is 5.75 Å². The molecule has 2 aromatic carbocycles. The molecule has 0 saturated heterocycles. The van der Waals surface area contributed by atoms with Crippen LogP contribution in [0.2, 0.25) is 0 Å². The van der Waals surface area contributed by atoms with Crippen LogP contribution in [0, 0.1) is 0 Å². The molecular weight excluding hydrogens is 358 g/mol. The Balaban J connectivity index is 1.68. The average Bonchev–Trinajstić information content (AvgIpc) is 2.70. The van der Waals surface area contributed by atoms with Gasteiger partial charge < -0.3 is 10.1 Å². The Morgan fingerprint density at radius 2 is 2.04 bits per heavy atom. The number of carbonyl (C=O) groups excluding carboxylic acids is 1. The van der Waals surface area contributed by atoms with Crippen LogP contribution >= 0.6 is 11.8 Å². The van der Waals surface area contributed by atoms with Crippen molar-refractivity contribution in [3.8, 4) is 5.75 Å². The molecule has 27 heavy (non-hydrogen) atoms. The smallest absolute Gasteiger partial charge is 0.247 e. The van der Waals surface area contributed by atoms with E-state index in [1.807, 2.05) is 54.6 Å². The van der Waals surface area contributed by atoms with Crippen molar-refractivity contribution in [2.24, 2.45) is 0 Å². The van der Waals surface area contributed by atoms with Gasteiger partial charge in [-0.1, -0.05) is 36.5 Å². The third kappa shape index (κ3) is 5.43. The quantitative estimate of drug-likeness (QED) is 0.490. The summed E-state index contributed by atoms with van der Waals surface area (Å²) in [4.78, 5) is 21.4. The molecule has 5 nitrogen and oxygen atoms in total. The van der Waals surface area contributed by atoms with Gasteiger partial charge in [0.05, 0.1) is 7.11 Å². The van der Waals surface area contributed by atoms with E-state index in [9.17, 15) is 4.79 Å². The highest BCUT2D eigenvalue weighted by molar-refractivity contribution is 7.99. The summed E-state index contributed by atoms with van der Waals surface area (Å²) in [5.74, 6) is 1.33. The van der Waals surface area contributed by atoms with Crippen LogP contribution in [-0.4, -0.2) is 23.0 Å². The molecule has 0 atom stereocenters. The van der Waals surface area contributed by atoms with Gasteiger partial charge in [-0.3, -0.25) is 4.79 Å². The van der Waals surface area contributed by atoms with Gasteiger partial charge in [0.2, 0.25) is 5.91 Å². The molecule has 0 aliphatic heterocycles. The molecule has 1 N–H and O–H groups in total. The molecule has 3 aromatic rings. The Bertz CT molecular complexity index is 942. The van der Waals surface area contributed by atoms with Gasteiger partial charge in [0.1, 0.15) is 16.6 Å². The van der Waals surface area contributed by atoms with Gasteiger partial charge in [0.15, 0.2) is 0 Å². The fourth-order valence-electron chi connectivity index (χ4n) is 2.39. The molecule has 0 spiro atoms. The fourth-order valence-corrected chi connectivity index (χ4v) is 3.23. The minimum atomic E-state index is -0.228. The first-order chi connectivity index (χ1) is 13.2. The summed E-state index contributed by atoms with van der Waals surface area (Å²) in [6.07, 6.45) is 3.62. The van der Waals surface area contributed by atoms with Gasteiger partial charge >= 0.3 is 0 Å². The number of carbonyl (C=O) groups is 1. The number of amides is 1. The van der Waals surface area contributed by atoms with Crippen LogP contribution in [0.3, 0.4) is 0 Å². The van der Waals surface area contributed by atoms with Crippen molar-refractivity contribution < 1.29 is 9.53 Å². The van der Waals surface area contributed by atoms with Gasteiger partial charge in [-0.2, -0.15) is 0 Å². The third-order valence-electron chi connectivity index (χ3n) is 3.71. The molecule has 0 fully saturated rings. The number of hydrogen-bond acceptors (Lipinski definition) is 5. The SMILES string of the molecule is C=CC(=O)Nc1ccc(Cc2nccc(Sc3cccc(OC)c3)n2)cc1. The summed E-state index contributed by atoms with van der Waals surface area (Å²) in [5.41, 5.74) is 1.79. The molecule has 0 saturated carbocycles. The lowest BCUT2D eigenvalue weighted by Gasteiger charge is -2.06. The van der Waals surface area contributed by atoms with E-state index in [-0.39, 0.29) is 5.91 Å². The number of aromatic nitrogens is 2. The Kier molecular flexibility index (Phi) is 6.22. The molecule has 0 radical (unpaired) electrons. The average molecular weight is 377 g/mol. The molecule has 0 aliphatic rings. The van der Waals surface area contributed by atoms with Crippen molar-refractivity contribution >= 4 is 23.4 Å². The second-order valence-electron chi connectivity index (χ2n) is 5.66. The zero-order chi connectivity index (χ0) is 19.1. The number of ether oxygens (including phenoxy) is 1. The van der Waals surface area contributed by atoms with E-state index in [0.29, 0.717) is 6.42 Å². The second kappa shape index (κ2) is 9.00. The molecule has 1 amide bonds. The first kappa shape index (κ1) is 18.7. The van der Waals surface area contributed by atoms with E-state index < -0.39 is 0 Å². The maximum absolute atomic E-state index is 11.3. The fraction of sp³-hybridized carbons (Fsp3) is 0.0952. The Labute approximate surface area is 162 Å². The molecule has 136 valence electrons. The minimum absolute atomic E-state index is 0.228. The number of anilines is 1. The van der Waals surface area contributed by atoms with Crippen LogP contribution in [0.25, 0.3) is 0 Å². The topological polar surface area (TPSA) is 64.1 Å².